The van der Waals surface area contributed by atoms with Crippen LogP contribution in [-0.4, -0.2) is 38.2 Å². The molecule has 0 bridgehead atoms. The summed E-state index contributed by atoms with van der Waals surface area (Å²) in [6.07, 6.45) is 4.43. The van der Waals surface area contributed by atoms with Gasteiger partial charge < -0.3 is 4.74 Å². The maximum absolute atomic E-state index is 13.6. The van der Waals surface area contributed by atoms with Crippen LogP contribution in [-0.2, 0) is 14.8 Å². The summed E-state index contributed by atoms with van der Waals surface area (Å²) in [5, 5.41) is 9.03. The Kier molecular flexibility index (Phi) is 8.04. The monoisotopic (exact) mass is 481 g/mol. The standard InChI is InChI=1S/C25H27N3O5S/c1-18(2)17-28(34(31,32)23-11-9-22(33-3)10-12-23)21-8-4-6-19(14-21)24(15-25(29)27-30)20-7-5-13-26-16-20/h4-16,18,30H,17H2,1-3H3,(H,27,29). The van der Waals surface area contributed by atoms with Gasteiger partial charge in [-0.15, -0.1) is 0 Å². The fourth-order valence-corrected chi connectivity index (χ4v) is 5.02. The number of methoxy groups -OCH3 is 1. The third-order valence-electron chi connectivity index (χ3n) is 4.98. The molecule has 0 aliphatic carbocycles. The van der Waals surface area contributed by atoms with Crippen molar-refractivity contribution in [1.29, 1.82) is 0 Å². The molecule has 9 heteroatoms. The molecule has 2 aromatic carbocycles. The molecule has 1 heterocycles. The number of nitrogens with one attached hydrogen (secondary N) is 1. The fourth-order valence-electron chi connectivity index (χ4n) is 3.40. The molecule has 0 radical (unpaired) electrons. The summed E-state index contributed by atoms with van der Waals surface area (Å²) in [7, 11) is -2.36. The molecular weight excluding hydrogens is 454 g/mol. The number of carbonyl (C=O) groups is 1. The van der Waals surface area contributed by atoms with Crippen molar-refractivity contribution >= 4 is 27.2 Å². The van der Waals surface area contributed by atoms with Crippen LogP contribution in [0.1, 0.15) is 25.0 Å². The van der Waals surface area contributed by atoms with Gasteiger partial charge in [0.05, 0.1) is 17.7 Å². The second-order valence-electron chi connectivity index (χ2n) is 7.93. The lowest BCUT2D eigenvalue weighted by Crippen LogP contribution is -2.34. The summed E-state index contributed by atoms with van der Waals surface area (Å²) in [6, 6.07) is 16.6. The highest BCUT2D eigenvalue weighted by Crippen LogP contribution is 2.30. The zero-order valence-electron chi connectivity index (χ0n) is 19.2. The first-order valence-electron chi connectivity index (χ1n) is 10.6. The first kappa shape index (κ1) is 24.9. The molecule has 178 valence electrons. The Hall–Kier alpha value is -3.69. The predicted molar refractivity (Wildman–Crippen MR) is 130 cm³/mol. The number of rotatable bonds is 9. The quantitative estimate of drug-likeness (QED) is 0.273. The summed E-state index contributed by atoms with van der Waals surface area (Å²) in [5.41, 5.74) is 3.75. The van der Waals surface area contributed by atoms with Gasteiger partial charge in [-0.05, 0) is 59.5 Å². The summed E-state index contributed by atoms with van der Waals surface area (Å²) >= 11 is 0. The van der Waals surface area contributed by atoms with Gasteiger partial charge in [-0.25, -0.2) is 13.9 Å². The lowest BCUT2D eigenvalue weighted by molar-refractivity contribution is -0.124. The highest BCUT2D eigenvalue weighted by molar-refractivity contribution is 7.92. The number of pyridine rings is 1. The number of hydrogen-bond donors (Lipinski definition) is 2. The minimum absolute atomic E-state index is 0.0465. The molecule has 0 aliphatic rings. The number of aromatic nitrogens is 1. The first-order chi connectivity index (χ1) is 16.3. The number of carbonyl (C=O) groups excluding carboxylic acids is 1. The number of hydroxylamine groups is 1. The lowest BCUT2D eigenvalue weighted by Gasteiger charge is -2.27. The Morgan fingerprint density at radius 3 is 2.41 bits per heavy atom. The van der Waals surface area contributed by atoms with Crippen LogP contribution >= 0.6 is 0 Å². The van der Waals surface area contributed by atoms with Gasteiger partial charge in [-0.2, -0.15) is 0 Å². The van der Waals surface area contributed by atoms with E-state index < -0.39 is 15.9 Å². The van der Waals surface area contributed by atoms with E-state index in [1.165, 1.54) is 29.6 Å². The molecule has 1 amide bonds. The largest absolute Gasteiger partial charge is 0.497 e. The van der Waals surface area contributed by atoms with Crippen LogP contribution < -0.4 is 14.5 Å². The van der Waals surface area contributed by atoms with Crippen LogP contribution in [0.5, 0.6) is 5.75 Å². The van der Waals surface area contributed by atoms with E-state index in [1.807, 2.05) is 13.8 Å². The summed E-state index contributed by atoms with van der Waals surface area (Å²) < 4.78 is 33.7. The highest BCUT2D eigenvalue weighted by Gasteiger charge is 2.26. The second-order valence-corrected chi connectivity index (χ2v) is 9.79. The average molecular weight is 482 g/mol. The van der Waals surface area contributed by atoms with Crippen LogP contribution in [0.2, 0.25) is 0 Å². The molecule has 0 fully saturated rings. The Bertz CT molecular complexity index is 1260. The topological polar surface area (TPSA) is 109 Å². The molecule has 0 saturated carbocycles. The Balaban J connectivity index is 2.12. The van der Waals surface area contributed by atoms with Gasteiger partial charge in [0.2, 0.25) is 0 Å². The Labute approximate surface area is 199 Å². The summed E-state index contributed by atoms with van der Waals surface area (Å²) in [5.74, 6) is -0.107. The van der Waals surface area contributed by atoms with Gasteiger partial charge in [0.15, 0.2) is 0 Å². The van der Waals surface area contributed by atoms with Crippen molar-refractivity contribution < 1.29 is 23.2 Å². The Morgan fingerprint density at radius 1 is 1.12 bits per heavy atom. The maximum Gasteiger partial charge on any atom is 0.267 e. The molecular formula is C25H27N3O5S. The van der Waals surface area contributed by atoms with Crippen molar-refractivity contribution in [3.8, 4) is 5.75 Å². The molecule has 0 aliphatic heterocycles. The van der Waals surface area contributed by atoms with Crippen LogP contribution in [0, 0.1) is 5.92 Å². The predicted octanol–water partition coefficient (Wildman–Crippen LogP) is 3.88. The minimum atomic E-state index is -3.88. The highest BCUT2D eigenvalue weighted by atomic mass is 32.2. The molecule has 0 spiro atoms. The van der Waals surface area contributed by atoms with Gasteiger partial charge in [0.25, 0.3) is 15.9 Å². The van der Waals surface area contributed by atoms with E-state index in [-0.39, 0.29) is 17.4 Å². The number of ether oxygens (including phenoxy) is 1. The maximum atomic E-state index is 13.6. The van der Waals surface area contributed by atoms with Crippen molar-refractivity contribution in [3.63, 3.8) is 0 Å². The second kappa shape index (κ2) is 11.0. The van der Waals surface area contributed by atoms with Gasteiger partial charge in [-0.1, -0.05) is 32.0 Å². The molecule has 3 rings (SSSR count). The number of hydrogen-bond acceptors (Lipinski definition) is 6. The van der Waals surface area contributed by atoms with Gasteiger partial charge in [0.1, 0.15) is 5.75 Å². The average Bonchev–Trinajstić information content (AvgIpc) is 2.86. The van der Waals surface area contributed by atoms with E-state index in [2.05, 4.69) is 4.98 Å². The SMILES string of the molecule is COc1ccc(S(=O)(=O)N(CC(C)C)c2cccc(C(=CC(=O)NO)c3cccnc3)c2)cc1. The van der Waals surface area contributed by atoms with Crippen LogP contribution in [0.15, 0.2) is 84.0 Å². The number of nitrogens with zero attached hydrogens (tertiary/aromatic N) is 2. The summed E-state index contributed by atoms with van der Waals surface area (Å²) in [6.45, 7) is 4.13. The van der Waals surface area contributed by atoms with Gasteiger partial charge >= 0.3 is 0 Å². The third-order valence-corrected chi connectivity index (χ3v) is 6.79. The molecule has 34 heavy (non-hydrogen) atoms. The fraction of sp³-hybridized carbons (Fsp3) is 0.200. The van der Waals surface area contributed by atoms with E-state index in [4.69, 9.17) is 9.94 Å². The summed E-state index contributed by atoms with van der Waals surface area (Å²) in [4.78, 5) is 16.2. The normalized spacial score (nSPS) is 11.9. The van der Waals surface area contributed by atoms with Crippen molar-refractivity contribution in [2.45, 2.75) is 18.7 Å². The molecule has 0 unspecified atom stereocenters. The van der Waals surface area contributed by atoms with Gasteiger partial charge in [0, 0.05) is 30.6 Å². The number of anilines is 1. The van der Waals surface area contributed by atoms with Crippen LogP contribution in [0.25, 0.3) is 5.57 Å². The van der Waals surface area contributed by atoms with Crippen molar-refractivity contribution in [2.75, 3.05) is 18.0 Å². The molecule has 8 nitrogen and oxygen atoms in total. The zero-order chi connectivity index (χ0) is 24.7. The number of sulfonamides is 1. The Morgan fingerprint density at radius 2 is 1.82 bits per heavy atom. The lowest BCUT2D eigenvalue weighted by atomic mass is 9.98. The minimum Gasteiger partial charge on any atom is -0.497 e. The number of benzene rings is 2. The third kappa shape index (κ3) is 5.81. The van der Waals surface area contributed by atoms with E-state index >= 15 is 0 Å². The van der Waals surface area contributed by atoms with Crippen molar-refractivity contribution in [1.82, 2.24) is 10.5 Å². The first-order valence-corrected chi connectivity index (χ1v) is 12.0. The van der Waals surface area contributed by atoms with Crippen LogP contribution in [0.4, 0.5) is 5.69 Å². The van der Waals surface area contributed by atoms with E-state index in [0.29, 0.717) is 28.1 Å². The molecule has 3 aromatic rings. The molecule has 1 aromatic heterocycles. The van der Waals surface area contributed by atoms with E-state index in [0.717, 1.165) is 0 Å². The van der Waals surface area contributed by atoms with Gasteiger partial charge in [-0.3, -0.25) is 19.3 Å². The van der Waals surface area contributed by atoms with E-state index in [9.17, 15) is 13.2 Å². The van der Waals surface area contributed by atoms with Crippen LogP contribution in [0.3, 0.4) is 0 Å². The molecule has 2 N–H and O–H groups in total. The molecule has 0 atom stereocenters. The van der Waals surface area contributed by atoms with E-state index in [1.54, 1.807) is 66.4 Å². The number of amides is 1. The zero-order valence-corrected chi connectivity index (χ0v) is 20.0. The van der Waals surface area contributed by atoms with Crippen molar-refractivity contribution in [2.24, 2.45) is 5.92 Å². The molecule has 0 saturated heterocycles. The van der Waals surface area contributed by atoms with Crippen molar-refractivity contribution in [3.05, 3.63) is 90.3 Å². The smallest absolute Gasteiger partial charge is 0.267 e.